The van der Waals surface area contributed by atoms with Gasteiger partial charge in [-0.1, -0.05) is 49.6 Å². The maximum Gasteiger partial charge on any atom is 0.339 e. The van der Waals surface area contributed by atoms with Gasteiger partial charge in [-0.2, -0.15) is 13.1 Å². The van der Waals surface area contributed by atoms with Gasteiger partial charge in [-0.25, -0.2) is 22.0 Å². The molecule has 16 heteroatoms. The van der Waals surface area contributed by atoms with Crippen LogP contribution in [-0.4, -0.2) is 59.4 Å². The number of halogens is 4. The molecule has 2 aliphatic rings. The van der Waals surface area contributed by atoms with Crippen LogP contribution < -0.4 is 14.4 Å². The number of carbonyl (C=O) groups excluding carboxylic acids is 1. The Bertz CT molecular complexity index is 2050. The Balaban J connectivity index is 1.36. The van der Waals surface area contributed by atoms with Gasteiger partial charge in [0, 0.05) is 30.4 Å². The molecule has 2 fully saturated rings. The number of methoxy groups -OCH3 is 1. The molecule has 0 unspecified atom stereocenters. The van der Waals surface area contributed by atoms with E-state index in [1.807, 2.05) is 0 Å². The Morgan fingerprint density at radius 3 is 2.19 bits per heavy atom. The van der Waals surface area contributed by atoms with Gasteiger partial charge in [0.1, 0.15) is 24.0 Å². The maximum absolute atomic E-state index is 15.0. The van der Waals surface area contributed by atoms with Gasteiger partial charge >= 0.3 is 5.97 Å². The predicted octanol–water partition coefficient (Wildman–Crippen LogP) is 6.36. The van der Waals surface area contributed by atoms with Crippen molar-refractivity contribution in [3.8, 4) is 11.5 Å². The van der Waals surface area contributed by atoms with Crippen molar-refractivity contribution in [1.29, 1.82) is 0 Å². The second-order valence-electron chi connectivity index (χ2n) is 12.5. The van der Waals surface area contributed by atoms with E-state index in [1.54, 1.807) is 36.5 Å². The third kappa shape index (κ3) is 7.17. The van der Waals surface area contributed by atoms with Crippen molar-refractivity contribution >= 4 is 27.6 Å². The average molecular weight is 743 g/mol. The Hall–Kier alpha value is -5.09. The summed E-state index contributed by atoms with van der Waals surface area (Å²) >= 11 is 0. The normalized spacial score (nSPS) is 16.6. The molecule has 3 aromatic carbocycles. The molecule has 0 bridgehead atoms. The fraction of sp³-hybridized carbons (Fsp3) is 0.333. The van der Waals surface area contributed by atoms with Crippen LogP contribution in [0.2, 0.25) is 0 Å². The number of hydrogen-bond donors (Lipinski definition) is 1. The molecule has 0 spiro atoms. The number of carbonyl (C=O) groups is 2. The topological polar surface area (TPSA) is 139 Å². The van der Waals surface area contributed by atoms with Gasteiger partial charge in [-0.05, 0) is 37.0 Å². The summed E-state index contributed by atoms with van der Waals surface area (Å²) in [6.45, 7) is -0.701. The minimum absolute atomic E-state index is 0.0205. The standard InChI is InChI=1S/C36H34F4N4O7S/c1-50-33-29(37)31(39)34(32(40)30(33)38)52(48,49)44-15-14-27(44)35(45)43(19-23-17-42-26(18-41-23)22-10-6-3-7-11-22)24-12-13-25(36(46)47)28(16-24)51-20-21-8-4-2-5-9-21/h2,4-5,8-9,12-13,16-18,22,27H,3,6-7,10-11,14-15,19-20H2,1H3,(H,46,47)/t27-/m1/s1. The van der Waals surface area contributed by atoms with Crippen molar-refractivity contribution < 1.29 is 50.1 Å². The Kier molecular flexibility index (Phi) is 10.8. The third-order valence-electron chi connectivity index (χ3n) is 9.29. The molecule has 4 aromatic rings. The molecule has 2 heterocycles. The first-order valence-corrected chi connectivity index (χ1v) is 17.9. The smallest absolute Gasteiger partial charge is 0.339 e. The van der Waals surface area contributed by atoms with Crippen LogP contribution in [0.25, 0.3) is 0 Å². The van der Waals surface area contributed by atoms with Crippen molar-refractivity contribution in [3.05, 3.63) is 107 Å². The van der Waals surface area contributed by atoms with Crippen molar-refractivity contribution in [2.45, 2.75) is 68.5 Å². The number of sulfonamides is 1. The number of anilines is 1. The largest absolute Gasteiger partial charge is 0.491 e. The van der Waals surface area contributed by atoms with Gasteiger partial charge in [0.2, 0.25) is 27.6 Å². The molecule has 1 saturated heterocycles. The summed E-state index contributed by atoms with van der Waals surface area (Å²) in [5, 5.41) is 9.88. The van der Waals surface area contributed by atoms with E-state index >= 15 is 8.78 Å². The zero-order valence-corrected chi connectivity index (χ0v) is 28.7. The first-order chi connectivity index (χ1) is 24.9. The van der Waals surface area contributed by atoms with Crippen LogP contribution in [0, 0.1) is 23.3 Å². The van der Waals surface area contributed by atoms with Gasteiger partial charge in [0.05, 0.1) is 31.2 Å². The van der Waals surface area contributed by atoms with Crippen molar-refractivity contribution in [2.75, 3.05) is 18.6 Å². The molecular weight excluding hydrogens is 708 g/mol. The molecule has 1 N–H and O–H groups in total. The fourth-order valence-electron chi connectivity index (χ4n) is 6.42. The maximum atomic E-state index is 15.0. The zero-order valence-electron chi connectivity index (χ0n) is 27.9. The van der Waals surface area contributed by atoms with Gasteiger partial charge in [-0.3, -0.25) is 14.8 Å². The molecule has 6 rings (SSSR count). The van der Waals surface area contributed by atoms with Crippen LogP contribution >= 0.6 is 0 Å². The first kappa shape index (κ1) is 36.7. The predicted molar refractivity (Wildman–Crippen MR) is 178 cm³/mol. The van der Waals surface area contributed by atoms with Gasteiger partial charge < -0.3 is 19.5 Å². The Labute approximate surface area is 296 Å². The lowest BCUT2D eigenvalue weighted by Gasteiger charge is -2.41. The van der Waals surface area contributed by atoms with E-state index in [1.165, 1.54) is 24.4 Å². The number of nitrogens with zero attached hydrogens (tertiary/aromatic N) is 4. The van der Waals surface area contributed by atoms with E-state index in [4.69, 9.17) is 4.74 Å². The minimum Gasteiger partial charge on any atom is -0.491 e. The molecule has 274 valence electrons. The molecular formula is C36H34F4N4O7S. The monoisotopic (exact) mass is 742 g/mol. The number of carboxylic acids is 1. The van der Waals surface area contributed by atoms with Crippen LogP contribution in [0.1, 0.15) is 71.8 Å². The summed E-state index contributed by atoms with van der Waals surface area (Å²) in [6.07, 6.45) is 8.22. The number of benzene rings is 3. The van der Waals surface area contributed by atoms with Gasteiger partial charge in [0.25, 0.3) is 0 Å². The molecule has 11 nitrogen and oxygen atoms in total. The van der Waals surface area contributed by atoms with Gasteiger partial charge in [-0.15, -0.1) is 0 Å². The van der Waals surface area contributed by atoms with E-state index in [0.29, 0.717) is 10.00 Å². The molecule has 0 radical (unpaired) electrons. The highest BCUT2D eigenvalue weighted by atomic mass is 32.2. The van der Waals surface area contributed by atoms with E-state index in [2.05, 4.69) is 14.7 Å². The van der Waals surface area contributed by atoms with Crippen LogP contribution in [0.3, 0.4) is 0 Å². The number of rotatable bonds is 12. The number of aromatic nitrogens is 2. The van der Waals surface area contributed by atoms with E-state index in [0.717, 1.165) is 55.4 Å². The molecule has 1 aliphatic heterocycles. The van der Waals surface area contributed by atoms with Crippen molar-refractivity contribution in [1.82, 2.24) is 14.3 Å². The third-order valence-corrected chi connectivity index (χ3v) is 11.2. The van der Waals surface area contributed by atoms with E-state index < -0.39 is 68.4 Å². The second kappa shape index (κ2) is 15.3. The number of amides is 1. The molecule has 1 amide bonds. The number of carboxylic acid groups (broad SMARTS) is 1. The molecule has 1 saturated carbocycles. The number of ether oxygens (including phenoxy) is 2. The highest BCUT2D eigenvalue weighted by molar-refractivity contribution is 7.89. The van der Waals surface area contributed by atoms with Crippen LogP contribution in [0.4, 0.5) is 23.2 Å². The van der Waals surface area contributed by atoms with Crippen molar-refractivity contribution in [3.63, 3.8) is 0 Å². The molecule has 1 aliphatic carbocycles. The van der Waals surface area contributed by atoms with Crippen LogP contribution in [-0.2, 0) is 28.0 Å². The second-order valence-corrected chi connectivity index (χ2v) is 14.3. The van der Waals surface area contributed by atoms with Crippen molar-refractivity contribution in [2.24, 2.45) is 0 Å². The zero-order chi connectivity index (χ0) is 37.2. The average Bonchev–Trinajstić information content (AvgIpc) is 3.12. The number of hydrogen-bond acceptors (Lipinski definition) is 8. The lowest BCUT2D eigenvalue weighted by molar-refractivity contribution is -0.125. The summed E-state index contributed by atoms with van der Waals surface area (Å²) in [5.74, 6) is -12.0. The summed E-state index contributed by atoms with van der Waals surface area (Å²) in [5.41, 5.74) is 1.69. The lowest BCUT2D eigenvalue weighted by Crippen LogP contribution is -2.59. The van der Waals surface area contributed by atoms with Crippen LogP contribution in [0.15, 0.2) is 65.8 Å². The van der Waals surface area contributed by atoms with E-state index in [-0.39, 0.29) is 42.5 Å². The Morgan fingerprint density at radius 1 is 0.923 bits per heavy atom. The molecule has 52 heavy (non-hydrogen) atoms. The summed E-state index contributed by atoms with van der Waals surface area (Å²) in [4.78, 5) is 34.7. The molecule has 1 atom stereocenters. The first-order valence-electron chi connectivity index (χ1n) is 16.5. The Morgan fingerprint density at radius 2 is 1.62 bits per heavy atom. The van der Waals surface area contributed by atoms with Gasteiger partial charge in [0.15, 0.2) is 22.3 Å². The molecule has 1 aromatic heterocycles. The lowest BCUT2D eigenvalue weighted by atomic mass is 9.87. The van der Waals surface area contributed by atoms with Crippen LogP contribution in [0.5, 0.6) is 11.5 Å². The highest BCUT2D eigenvalue weighted by Crippen LogP contribution is 2.38. The summed E-state index contributed by atoms with van der Waals surface area (Å²) in [6, 6.07) is 11.2. The number of aromatic carboxylic acids is 1. The fourth-order valence-corrected chi connectivity index (χ4v) is 8.16. The van der Waals surface area contributed by atoms with E-state index in [9.17, 15) is 31.9 Å². The minimum atomic E-state index is -5.33. The summed E-state index contributed by atoms with van der Waals surface area (Å²) in [7, 11) is -4.58. The SMILES string of the molecule is COc1c(F)c(F)c(S(=O)(=O)N2CC[C@@H]2C(=O)N(Cc2cnc(C3CCCCC3)cn2)c2ccc(C(=O)O)c(OCc3ccccc3)c2)c(F)c1F. The highest BCUT2D eigenvalue weighted by Gasteiger charge is 2.48. The quantitative estimate of drug-likeness (QED) is 0.130. The summed E-state index contributed by atoms with van der Waals surface area (Å²) < 4.78 is 97.0.